The molecule has 0 bridgehead atoms. The third kappa shape index (κ3) is 3.61. The Labute approximate surface area is 146 Å². The Balaban J connectivity index is 1.46. The number of benzene rings is 1. The molecule has 0 saturated carbocycles. The minimum absolute atomic E-state index is 0.0994. The number of fused-ring (bicyclic) bond motifs is 1. The second-order valence-corrected chi connectivity index (χ2v) is 8.00. The van der Waals surface area contributed by atoms with E-state index in [0.717, 1.165) is 37.4 Å². The quantitative estimate of drug-likeness (QED) is 0.519. The molecule has 1 fully saturated rings. The molecular formula is C21H30O3. The molecule has 3 nitrogen and oxygen atoms in total. The van der Waals surface area contributed by atoms with Crippen LogP contribution in [0.2, 0.25) is 0 Å². The Kier molecular flexibility index (Phi) is 4.65. The van der Waals surface area contributed by atoms with Crippen LogP contribution in [0.5, 0.6) is 11.5 Å². The highest BCUT2D eigenvalue weighted by Crippen LogP contribution is 2.42. The van der Waals surface area contributed by atoms with Crippen molar-refractivity contribution in [1.29, 1.82) is 0 Å². The first-order valence-electron chi connectivity index (χ1n) is 9.08. The van der Waals surface area contributed by atoms with E-state index in [1.54, 1.807) is 0 Å². The molecule has 2 aliphatic heterocycles. The van der Waals surface area contributed by atoms with Crippen molar-refractivity contribution in [1.82, 2.24) is 0 Å². The maximum atomic E-state index is 5.87. The third-order valence-electron chi connectivity index (χ3n) is 5.49. The molecule has 1 aromatic carbocycles. The van der Waals surface area contributed by atoms with E-state index in [-0.39, 0.29) is 11.0 Å². The Morgan fingerprint density at radius 1 is 1.33 bits per heavy atom. The molecule has 3 heteroatoms. The molecule has 3 rings (SSSR count). The van der Waals surface area contributed by atoms with Gasteiger partial charge in [0.1, 0.15) is 18.1 Å². The zero-order valence-electron chi connectivity index (χ0n) is 15.6. The van der Waals surface area contributed by atoms with Gasteiger partial charge in [0.2, 0.25) is 0 Å². The maximum absolute atomic E-state index is 5.87. The van der Waals surface area contributed by atoms with Gasteiger partial charge in [0.15, 0.2) is 0 Å². The first-order chi connectivity index (χ1) is 11.3. The SMILES string of the molecule is CCC1(C)OC1CC/C(C)=C/COc1ccc2c(c1)OCC2(C)C. The van der Waals surface area contributed by atoms with Crippen LogP contribution < -0.4 is 9.47 Å². The van der Waals surface area contributed by atoms with E-state index in [4.69, 9.17) is 14.2 Å². The first kappa shape index (κ1) is 17.3. The van der Waals surface area contributed by atoms with Gasteiger partial charge in [-0.3, -0.25) is 0 Å². The molecule has 2 unspecified atom stereocenters. The van der Waals surface area contributed by atoms with E-state index >= 15 is 0 Å². The van der Waals surface area contributed by atoms with Crippen molar-refractivity contribution >= 4 is 0 Å². The van der Waals surface area contributed by atoms with Gasteiger partial charge in [-0.05, 0) is 45.3 Å². The smallest absolute Gasteiger partial charge is 0.126 e. The summed E-state index contributed by atoms with van der Waals surface area (Å²) in [5, 5.41) is 0. The van der Waals surface area contributed by atoms with Gasteiger partial charge in [-0.25, -0.2) is 0 Å². The molecule has 0 spiro atoms. The molecule has 2 heterocycles. The summed E-state index contributed by atoms with van der Waals surface area (Å²) in [5.74, 6) is 1.84. The van der Waals surface area contributed by atoms with Crippen LogP contribution in [0, 0.1) is 0 Å². The average Bonchev–Trinajstić information content (AvgIpc) is 3.12. The molecule has 132 valence electrons. The van der Waals surface area contributed by atoms with Crippen LogP contribution in [0.1, 0.15) is 59.4 Å². The largest absolute Gasteiger partial charge is 0.492 e. The highest BCUT2D eigenvalue weighted by Gasteiger charge is 2.49. The fourth-order valence-corrected chi connectivity index (χ4v) is 3.31. The predicted molar refractivity (Wildman–Crippen MR) is 97.0 cm³/mol. The number of epoxide rings is 1. The number of hydrogen-bond donors (Lipinski definition) is 0. The summed E-state index contributed by atoms with van der Waals surface area (Å²) in [4.78, 5) is 0. The number of allylic oxidation sites excluding steroid dienone is 1. The van der Waals surface area contributed by atoms with E-state index < -0.39 is 0 Å². The molecule has 24 heavy (non-hydrogen) atoms. The van der Waals surface area contributed by atoms with Crippen LogP contribution in [0.4, 0.5) is 0 Å². The van der Waals surface area contributed by atoms with Gasteiger partial charge in [-0.2, -0.15) is 0 Å². The zero-order valence-corrected chi connectivity index (χ0v) is 15.6. The molecular weight excluding hydrogens is 300 g/mol. The van der Waals surface area contributed by atoms with Crippen molar-refractivity contribution in [3.8, 4) is 11.5 Å². The lowest BCUT2D eigenvalue weighted by atomic mass is 9.87. The van der Waals surface area contributed by atoms with Crippen molar-refractivity contribution in [3.05, 3.63) is 35.4 Å². The molecule has 0 amide bonds. The van der Waals surface area contributed by atoms with Gasteiger partial charge in [0.25, 0.3) is 0 Å². The second kappa shape index (κ2) is 6.44. The Hall–Kier alpha value is -1.48. The molecule has 1 aromatic rings. The Morgan fingerprint density at radius 2 is 2.12 bits per heavy atom. The lowest BCUT2D eigenvalue weighted by molar-refractivity contribution is 0.289. The van der Waals surface area contributed by atoms with Gasteiger partial charge < -0.3 is 14.2 Å². The Bertz CT molecular complexity index is 632. The number of ether oxygens (including phenoxy) is 3. The molecule has 0 N–H and O–H groups in total. The monoisotopic (exact) mass is 330 g/mol. The number of hydrogen-bond acceptors (Lipinski definition) is 3. The number of rotatable bonds is 7. The summed E-state index contributed by atoms with van der Waals surface area (Å²) in [5.41, 5.74) is 2.87. The third-order valence-corrected chi connectivity index (χ3v) is 5.49. The van der Waals surface area contributed by atoms with Gasteiger partial charge in [-0.15, -0.1) is 0 Å². The standard InChI is InChI=1S/C21H30O3/c1-6-21(5)19(24-21)10-7-15(2)11-12-22-16-8-9-17-18(13-16)23-14-20(17,3)4/h8-9,11,13,19H,6-7,10,12,14H2,1-5H3/b15-11+. The van der Waals surface area contributed by atoms with Crippen molar-refractivity contribution in [2.45, 2.75) is 71.0 Å². The Morgan fingerprint density at radius 3 is 2.83 bits per heavy atom. The summed E-state index contributed by atoms with van der Waals surface area (Å²) in [6, 6.07) is 6.19. The minimum Gasteiger partial charge on any atom is -0.492 e. The molecule has 2 atom stereocenters. The van der Waals surface area contributed by atoms with Gasteiger partial charge in [0, 0.05) is 17.0 Å². The van der Waals surface area contributed by atoms with E-state index in [1.807, 2.05) is 12.1 Å². The summed E-state index contributed by atoms with van der Waals surface area (Å²) < 4.78 is 17.4. The van der Waals surface area contributed by atoms with E-state index in [2.05, 4.69) is 46.8 Å². The molecule has 0 aromatic heterocycles. The molecule has 1 saturated heterocycles. The first-order valence-corrected chi connectivity index (χ1v) is 9.08. The summed E-state index contributed by atoms with van der Waals surface area (Å²) in [6.45, 7) is 12.3. The second-order valence-electron chi connectivity index (χ2n) is 8.00. The minimum atomic E-state index is 0.0994. The summed E-state index contributed by atoms with van der Waals surface area (Å²) in [6.07, 6.45) is 5.88. The fourth-order valence-electron chi connectivity index (χ4n) is 3.31. The molecule has 2 aliphatic rings. The normalized spacial score (nSPS) is 27.5. The summed E-state index contributed by atoms with van der Waals surface area (Å²) >= 11 is 0. The van der Waals surface area contributed by atoms with Crippen molar-refractivity contribution in [2.24, 2.45) is 0 Å². The molecule has 0 radical (unpaired) electrons. The predicted octanol–water partition coefficient (Wildman–Crippen LogP) is 5.03. The van der Waals surface area contributed by atoms with Gasteiger partial charge in [0.05, 0.1) is 18.3 Å². The van der Waals surface area contributed by atoms with E-state index in [1.165, 1.54) is 11.1 Å². The van der Waals surface area contributed by atoms with Crippen LogP contribution in [0.15, 0.2) is 29.8 Å². The fraction of sp³-hybridized carbons (Fsp3) is 0.619. The van der Waals surface area contributed by atoms with Gasteiger partial charge >= 0.3 is 0 Å². The summed E-state index contributed by atoms with van der Waals surface area (Å²) in [7, 11) is 0. The topological polar surface area (TPSA) is 31.0 Å². The van der Waals surface area contributed by atoms with Crippen molar-refractivity contribution < 1.29 is 14.2 Å². The van der Waals surface area contributed by atoms with Crippen LogP contribution in [-0.2, 0) is 10.2 Å². The zero-order chi connectivity index (χ0) is 17.4. The van der Waals surface area contributed by atoms with Gasteiger partial charge in [-0.1, -0.05) is 32.4 Å². The van der Waals surface area contributed by atoms with Crippen LogP contribution in [0.25, 0.3) is 0 Å². The average molecular weight is 330 g/mol. The lowest BCUT2D eigenvalue weighted by Gasteiger charge is -2.15. The van der Waals surface area contributed by atoms with Crippen LogP contribution >= 0.6 is 0 Å². The maximum Gasteiger partial charge on any atom is 0.126 e. The highest BCUT2D eigenvalue weighted by atomic mass is 16.6. The lowest BCUT2D eigenvalue weighted by Crippen LogP contribution is -2.18. The van der Waals surface area contributed by atoms with E-state index in [0.29, 0.717) is 12.7 Å². The highest BCUT2D eigenvalue weighted by molar-refractivity contribution is 5.47. The molecule has 0 aliphatic carbocycles. The van der Waals surface area contributed by atoms with Crippen molar-refractivity contribution in [2.75, 3.05) is 13.2 Å². The van der Waals surface area contributed by atoms with E-state index in [9.17, 15) is 0 Å². The van der Waals surface area contributed by atoms with Crippen LogP contribution in [0.3, 0.4) is 0 Å². The van der Waals surface area contributed by atoms with Crippen molar-refractivity contribution in [3.63, 3.8) is 0 Å². The van der Waals surface area contributed by atoms with Crippen LogP contribution in [-0.4, -0.2) is 24.9 Å².